The van der Waals surface area contributed by atoms with Gasteiger partial charge in [-0.2, -0.15) is 0 Å². The van der Waals surface area contributed by atoms with E-state index in [0.29, 0.717) is 36.3 Å². The molecule has 1 amide bonds. The van der Waals surface area contributed by atoms with Gasteiger partial charge in [0.1, 0.15) is 17.3 Å². The summed E-state index contributed by atoms with van der Waals surface area (Å²) in [4.78, 5) is 23.5. The summed E-state index contributed by atoms with van der Waals surface area (Å²) < 4.78 is 19.4. The summed E-state index contributed by atoms with van der Waals surface area (Å²) in [5.74, 6) is -0.435. The molecule has 3 aromatic heterocycles. The molecule has 5 N–H and O–H groups in total. The maximum Gasteiger partial charge on any atom is 0.263 e. The minimum absolute atomic E-state index is 0.00866. The van der Waals surface area contributed by atoms with Crippen molar-refractivity contribution in [2.75, 3.05) is 29.0 Å². The summed E-state index contributed by atoms with van der Waals surface area (Å²) in [5, 5.41) is 2.85. The smallest absolute Gasteiger partial charge is 0.263 e. The largest absolute Gasteiger partial charge is 0.438 e. The molecule has 0 unspecified atom stereocenters. The summed E-state index contributed by atoms with van der Waals surface area (Å²) in [7, 11) is 0. The van der Waals surface area contributed by atoms with Crippen LogP contribution in [0.3, 0.4) is 0 Å². The van der Waals surface area contributed by atoms with E-state index in [1.165, 1.54) is 0 Å². The van der Waals surface area contributed by atoms with E-state index in [0.717, 1.165) is 24.1 Å². The van der Waals surface area contributed by atoms with Crippen molar-refractivity contribution >= 4 is 34.3 Å². The van der Waals surface area contributed by atoms with Crippen molar-refractivity contribution < 1.29 is 13.6 Å². The number of nitrogens with one attached hydrogen (secondary N) is 1. The summed E-state index contributed by atoms with van der Waals surface area (Å²) in [6.07, 6.45) is 6.05. The van der Waals surface area contributed by atoms with E-state index in [1.54, 1.807) is 24.7 Å². The molecule has 1 fully saturated rings. The van der Waals surface area contributed by atoms with Crippen LogP contribution in [-0.4, -0.2) is 41.2 Å². The van der Waals surface area contributed by atoms with E-state index in [2.05, 4.69) is 22.2 Å². The van der Waals surface area contributed by atoms with Crippen molar-refractivity contribution in [3.63, 3.8) is 0 Å². The lowest BCUT2D eigenvalue weighted by atomic mass is 10.0. The van der Waals surface area contributed by atoms with Crippen LogP contribution in [0.5, 0.6) is 0 Å². The minimum Gasteiger partial charge on any atom is -0.438 e. The Morgan fingerprint density at radius 1 is 1.43 bits per heavy atom. The SMILES string of the molecule is CCCc1cnc2c(C(=O)Nc3cnccc3N3CC[C@H](F)[C@@H](N)C3)c(N)oc2c1. The number of fused-ring (bicyclic) bond motifs is 1. The van der Waals surface area contributed by atoms with Crippen LogP contribution in [0.1, 0.15) is 35.7 Å². The molecule has 0 spiro atoms. The highest BCUT2D eigenvalue weighted by atomic mass is 19.1. The molecular formula is C21H25FN6O2. The summed E-state index contributed by atoms with van der Waals surface area (Å²) in [6.45, 7) is 2.93. The van der Waals surface area contributed by atoms with Crippen LogP contribution in [-0.2, 0) is 6.42 Å². The van der Waals surface area contributed by atoms with Gasteiger partial charge in [0.15, 0.2) is 5.58 Å². The first-order valence-electron chi connectivity index (χ1n) is 10.0. The molecule has 0 bridgehead atoms. The number of carbonyl (C=O) groups is 1. The maximum absolute atomic E-state index is 13.8. The van der Waals surface area contributed by atoms with Gasteiger partial charge in [0.25, 0.3) is 5.91 Å². The normalized spacial score (nSPS) is 19.2. The molecular weight excluding hydrogens is 387 g/mol. The zero-order valence-corrected chi connectivity index (χ0v) is 16.8. The quantitative estimate of drug-likeness (QED) is 0.589. The molecule has 4 rings (SSSR count). The lowest BCUT2D eigenvalue weighted by Gasteiger charge is -2.35. The van der Waals surface area contributed by atoms with Gasteiger partial charge in [-0.15, -0.1) is 0 Å². The minimum atomic E-state index is -1.03. The van der Waals surface area contributed by atoms with Gasteiger partial charge in [0.2, 0.25) is 5.88 Å². The number of hydrogen-bond donors (Lipinski definition) is 3. The number of hydrogen-bond acceptors (Lipinski definition) is 7. The van der Waals surface area contributed by atoms with Crippen LogP contribution in [0, 0.1) is 0 Å². The lowest BCUT2D eigenvalue weighted by Crippen LogP contribution is -2.50. The molecule has 0 radical (unpaired) electrons. The third kappa shape index (κ3) is 3.80. The van der Waals surface area contributed by atoms with E-state index in [1.807, 2.05) is 11.0 Å². The number of carbonyl (C=O) groups excluding carboxylic acids is 1. The number of halogens is 1. The average Bonchev–Trinajstić information content (AvgIpc) is 3.06. The Morgan fingerprint density at radius 2 is 2.27 bits per heavy atom. The number of aromatic nitrogens is 2. The van der Waals surface area contributed by atoms with E-state index < -0.39 is 18.1 Å². The van der Waals surface area contributed by atoms with E-state index in [9.17, 15) is 9.18 Å². The molecule has 4 heterocycles. The molecule has 0 saturated carbocycles. The zero-order chi connectivity index (χ0) is 21.3. The fraction of sp³-hybridized carbons (Fsp3) is 0.381. The first-order chi connectivity index (χ1) is 14.5. The van der Waals surface area contributed by atoms with Crippen LogP contribution >= 0.6 is 0 Å². The Hall–Kier alpha value is -3.20. The molecule has 8 nitrogen and oxygen atoms in total. The molecule has 2 atom stereocenters. The van der Waals surface area contributed by atoms with Gasteiger partial charge in [-0.3, -0.25) is 14.8 Å². The zero-order valence-electron chi connectivity index (χ0n) is 16.8. The van der Waals surface area contributed by atoms with Gasteiger partial charge in [-0.1, -0.05) is 13.3 Å². The molecule has 0 aliphatic carbocycles. The Morgan fingerprint density at radius 3 is 3.03 bits per heavy atom. The van der Waals surface area contributed by atoms with Gasteiger partial charge >= 0.3 is 0 Å². The highest BCUT2D eigenvalue weighted by Gasteiger charge is 2.28. The summed E-state index contributed by atoms with van der Waals surface area (Å²) in [6, 6.07) is 3.05. The fourth-order valence-corrected chi connectivity index (χ4v) is 3.80. The number of anilines is 3. The molecule has 1 aliphatic heterocycles. The predicted molar refractivity (Wildman–Crippen MR) is 114 cm³/mol. The monoisotopic (exact) mass is 412 g/mol. The van der Waals surface area contributed by atoms with Gasteiger partial charge in [0, 0.05) is 25.5 Å². The van der Waals surface area contributed by atoms with Crippen molar-refractivity contribution in [2.45, 2.75) is 38.4 Å². The molecule has 0 aromatic carbocycles. The average molecular weight is 412 g/mol. The number of aryl methyl sites for hydroxylation is 1. The second-order valence-electron chi connectivity index (χ2n) is 7.54. The number of pyridine rings is 2. The maximum atomic E-state index is 13.8. The van der Waals surface area contributed by atoms with Crippen molar-refractivity contribution in [1.29, 1.82) is 0 Å². The topological polar surface area (TPSA) is 123 Å². The second-order valence-corrected chi connectivity index (χ2v) is 7.54. The Balaban J connectivity index is 1.61. The third-order valence-electron chi connectivity index (χ3n) is 5.34. The Bertz CT molecular complexity index is 1070. The molecule has 1 saturated heterocycles. The highest BCUT2D eigenvalue weighted by molar-refractivity contribution is 6.15. The molecule has 1 aliphatic rings. The number of furan rings is 1. The number of nitrogens with zero attached hydrogens (tertiary/aromatic N) is 3. The molecule has 3 aromatic rings. The van der Waals surface area contributed by atoms with Gasteiger partial charge in [-0.05, 0) is 30.5 Å². The van der Waals surface area contributed by atoms with Crippen molar-refractivity contribution in [3.05, 3.63) is 41.9 Å². The summed E-state index contributed by atoms with van der Waals surface area (Å²) in [5.41, 5.74) is 15.2. The van der Waals surface area contributed by atoms with E-state index in [-0.39, 0.29) is 11.4 Å². The Labute approximate surface area is 173 Å². The highest BCUT2D eigenvalue weighted by Crippen LogP contribution is 2.31. The first kappa shape index (κ1) is 20.1. The number of alkyl halides is 1. The predicted octanol–water partition coefficient (Wildman–Crippen LogP) is 2.89. The van der Waals surface area contributed by atoms with Gasteiger partial charge in [-0.25, -0.2) is 4.39 Å². The summed E-state index contributed by atoms with van der Waals surface area (Å²) >= 11 is 0. The number of piperidine rings is 1. The number of nitrogens with two attached hydrogens (primary N) is 2. The van der Waals surface area contributed by atoms with Crippen LogP contribution in [0.4, 0.5) is 21.6 Å². The fourth-order valence-electron chi connectivity index (χ4n) is 3.80. The molecule has 9 heteroatoms. The first-order valence-corrected chi connectivity index (χ1v) is 10.0. The third-order valence-corrected chi connectivity index (χ3v) is 5.34. The molecule has 158 valence electrons. The van der Waals surface area contributed by atoms with Crippen molar-refractivity contribution in [1.82, 2.24) is 9.97 Å². The molecule has 30 heavy (non-hydrogen) atoms. The van der Waals surface area contributed by atoms with Crippen molar-refractivity contribution in [3.8, 4) is 0 Å². The van der Waals surface area contributed by atoms with Crippen LogP contribution < -0.4 is 21.7 Å². The van der Waals surface area contributed by atoms with Gasteiger partial charge < -0.3 is 26.1 Å². The van der Waals surface area contributed by atoms with E-state index in [4.69, 9.17) is 15.9 Å². The van der Waals surface area contributed by atoms with Crippen LogP contribution in [0.25, 0.3) is 11.1 Å². The lowest BCUT2D eigenvalue weighted by molar-refractivity contribution is 0.102. The Kier molecular flexibility index (Phi) is 5.54. The van der Waals surface area contributed by atoms with E-state index >= 15 is 0 Å². The number of rotatable bonds is 5. The van der Waals surface area contributed by atoms with Crippen LogP contribution in [0.2, 0.25) is 0 Å². The number of nitrogen functional groups attached to an aromatic ring is 1. The van der Waals surface area contributed by atoms with Crippen LogP contribution in [0.15, 0.2) is 35.1 Å². The van der Waals surface area contributed by atoms with Crippen molar-refractivity contribution in [2.24, 2.45) is 5.73 Å². The van der Waals surface area contributed by atoms with Gasteiger partial charge in [0.05, 0.1) is 23.6 Å². The number of amides is 1. The standard InChI is InChI=1S/C21H25FN6O2/c1-2-3-12-8-17-19(26-9-12)18(20(24)30-17)21(29)27-15-10-25-6-4-16(15)28-7-5-13(22)14(23)11-28/h4,6,8-10,13-14H,2-3,5,7,11,23-24H2,1H3,(H,27,29)/t13-,14-/m0/s1. The second kappa shape index (κ2) is 8.27.